The molecule has 58 valence electrons. The Morgan fingerprint density at radius 3 is 3.00 bits per heavy atom. The molecule has 0 aliphatic rings. The van der Waals surface area contributed by atoms with E-state index >= 15 is 0 Å². The van der Waals surface area contributed by atoms with Crippen LogP contribution >= 0.6 is 15.9 Å². The highest BCUT2D eigenvalue weighted by molar-refractivity contribution is 9.10. The molecule has 1 rings (SSSR count). The lowest BCUT2D eigenvalue weighted by Crippen LogP contribution is -2.19. The molecule has 1 aromatic rings. The van der Waals surface area contributed by atoms with Gasteiger partial charge in [-0.25, -0.2) is 9.78 Å². The third-order valence-corrected chi connectivity index (χ3v) is 1.43. The molecule has 2 amide bonds. The lowest BCUT2D eigenvalue weighted by atomic mass is 10.4. The van der Waals surface area contributed by atoms with E-state index < -0.39 is 6.03 Å². The Morgan fingerprint density at radius 1 is 1.73 bits per heavy atom. The summed E-state index contributed by atoms with van der Waals surface area (Å²) in [7, 11) is 0. The summed E-state index contributed by atoms with van der Waals surface area (Å²) in [5, 5.41) is 2.41. The second-order valence-electron chi connectivity index (χ2n) is 1.86. The molecule has 0 aliphatic carbocycles. The minimum absolute atomic E-state index is 0.580. The summed E-state index contributed by atoms with van der Waals surface area (Å²) in [6.45, 7) is 0. The summed E-state index contributed by atoms with van der Waals surface area (Å²) < 4.78 is 0.656. The van der Waals surface area contributed by atoms with Gasteiger partial charge in [-0.05, 0) is 28.1 Å². The number of hydrogen-bond acceptors (Lipinski definition) is 2. The fraction of sp³-hybridized carbons (Fsp3) is 0. The predicted molar refractivity (Wildman–Crippen MR) is 45.1 cm³/mol. The molecular weight excluding hydrogens is 210 g/mol. The number of nitrogens with one attached hydrogen (secondary N) is 1. The maximum Gasteiger partial charge on any atom is 0.316 e. The van der Waals surface area contributed by atoms with Crippen LogP contribution in [-0.2, 0) is 0 Å². The van der Waals surface area contributed by atoms with Gasteiger partial charge in [0, 0.05) is 11.9 Å². The van der Waals surface area contributed by atoms with Gasteiger partial charge in [0.15, 0.2) is 0 Å². The van der Waals surface area contributed by atoms with Crippen molar-refractivity contribution in [1.82, 2.24) is 4.98 Å². The van der Waals surface area contributed by atoms with Crippen molar-refractivity contribution in [2.75, 3.05) is 5.32 Å². The molecule has 0 fully saturated rings. The van der Waals surface area contributed by atoms with Gasteiger partial charge in [0.25, 0.3) is 0 Å². The van der Waals surface area contributed by atoms with Crippen molar-refractivity contribution in [2.24, 2.45) is 5.73 Å². The van der Waals surface area contributed by atoms with E-state index in [1.54, 1.807) is 18.3 Å². The monoisotopic (exact) mass is 215 g/mol. The number of hydrogen-bond donors (Lipinski definition) is 2. The third kappa shape index (κ3) is 2.55. The average molecular weight is 216 g/mol. The van der Waals surface area contributed by atoms with Gasteiger partial charge < -0.3 is 11.1 Å². The molecule has 3 N–H and O–H groups in total. The van der Waals surface area contributed by atoms with Gasteiger partial charge in [0.05, 0.1) is 0 Å². The van der Waals surface area contributed by atoms with Gasteiger partial charge in [-0.1, -0.05) is 0 Å². The highest BCUT2D eigenvalue weighted by Gasteiger charge is 1.95. The molecule has 5 heteroatoms. The van der Waals surface area contributed by atoms with Crippen molar-refractivity contribution in [3.8, 4) is 0 Å². The number of pyridine rings is 1. The molecule has 0 radical (unpaired) electrons. The fourth-order valence-electron chi connectivity index (χ4n) is 0.622. The summed E-state index contributed by atoms with van der Waals surface area (Å²) in [5.41, 5.74) is 5.51. The zero-order chi connectivity index (χ0) is 8.27. The van der Waals surface area contributed by atoms with Crippen LogP contribution in [0.1, 0.15) is 0 Å². The van der Waals surface area contributed by atoms with Gasteiger partial charge in [0.1, 0.15) is 4.60 Å². The maximum absolute atomic E-state index is 10.4. The van der Waals surface area contributed by atoms with E-state index in [2.05, 4.69) is 26.2 Å². The number of carbonyl (C=O) groups is 1. The average Bonchev–Trinajstić information content (AvgIpc) is 1.85. The number of carbonyl (C=O) groups excluding carboxylic acids is 1. The van der Waals surface area contributed by atoms with Crippen molar-refractivity contribution in [3.05, 3.63) is 22.9 Å². The number of anilines is 1. The maximum atomic E-state index is 10.4. The van der Waals surface area contributed by atoms with E-state index in [0.717, 1.165) is 0 Å². The van der Waals surface area contributed by atoms with Crippen LogP contribution in [0.4, 0.5) is 10.5 Å². The Kier molecular flexibility index (Phi) is 2.43. The van der Waals surface area contributed by atoms with E-state index in [1.165, 1.54) is 0 Å². The van der Waals surface area contributed by atoms with Crippen LogP contribution in [0.5, 0.6) is 0 Å². The highest BCUT2D eigenvalue weighted by atomic mass is 79.9. The Hall–Kier alpha value is -1.10. The lowest BCUT2D eigenvalue weighted by Gasteiger charge is -1.99. The molecule has 0 bridgehead atoms. The van der Waals surface area contributed by atoms with Crippen molar-refractivity contribution in [3.63, 3.8) is 0 Å². The molecule has 11 heavy (non-hydrogen) atoms. The molecule has 4 nitrogen and oxygen atoms in total. The van der Waals surface area contributed by atoms with Crippen LogP contribution in [0.2, 0.25) is 0 Å². The number of urea groups is 1. The normalized spacial score (nSPS) is 9.18. The number of nitrogens with zero attached hydrogens (tertiary/aromatic N) is 1. The number of halogens is 1. The molecule has 1 heterocycles. The van der Waals surface area contributed by atoms with E-state index in [9.17, 15) is 4.79 Å². The van der Waals surface area contributed by atoms with E-state index in [0.29, 0.717) is 10.3 Å². The zero-order valence-electron chi connectivity index (χ0n) is 5.54. The molecule has 0 aliphatic heterocycles. The SMILES string of the molecule is NC(=O)Nc1ccnc(Br)c1. The summed E-state index contributed by atoms with van der Waals surface area (Å²) in [6, 6.07) is 2.73. The topological polar surface area (TPSA) is 68.0 Å². The molecule has 0 saturated carbocycles. The quantitative estimate of drug-likeness (QED) is 0.695. The molecule has 0 spiro atoms. The van der Waals surface area contributed by atoms with Crippen LogP contribution in [0.15, 0.2) is 22.9 Å². The highest BCUT2D eigenvalue weighted by Crippen LogP contribution is 2.11. The summed E-state index contributed by atoms with van der Waals surface area (Å²) in [5.74, 6) is 0. The van der Waals surface area contributed by atoms with Gasteiger partial charge in [0.2, 0.25) is 0 Å². The van der Waals surface area contributed by atoms with Gasteiger partial charge in [-0.15, -0.1) is 0 Å². The van der Waals surface area contributed by atoms with Gasteiger partial charge in [-0.3, -0.25) is 0 Å². The number of aromatic nitrogens is 1. The second-order valence-corrected chi connectivity index (χ2v) is 2.67. The molecule has 0 unspecified atom stereocenters. The number of amides is 2. The minimum Gasteiger partial charge on any atom is -0.351 e. The second kappa shape index (κ2) is 3.34. The number of nitrogens with two attached hydrogens (primary N) is 1. The van der Waals surface area contributed by atoms with Crippen LogP contribution in [0.3, 0.4) is 0 Å². The van der Waals surface area contributed by atoms with E-state index in [-0.39, 0.29) is 0 Å². The minimum atomic E-state index is -0.580. The lowest BCUT2D eigenvalue weighted by molar-refractivity contribution is 0.259. The molecule has 1 aromatic heterocycles. The van der Waals surface area contributed by atoms with Crippen molar-refractivity contribution in [1.29, 1.82) is 0 Å². The summed E-state index contributed by atoms with van der Waals surface area (Å²) in [6.07, 6.45) is 1.56. The van der Waals surface area contributed by atoms with Crippen LogP contribution in [0.25, 0.3) is 0 Å². The fourth-order valence-corrected chi connectivity index (χ4v) is 0.987. The Bertz CT molecular complexity index is 276. The van der Waals surface area contributed by atoms with E-state index in [1.807, 2.05) is 0 Å². The first kappa shape index (κ1) is 8.00. The summed E-state index contributed by atoms with van der Waals surface area (Å²) >= 11 is 3.15. The van der Waals surface area contributed by atoms with Crippen LogP contribution in [-0.4, -0.2) is 11.0 Å². The van der Waals surface area contributed by atoms with Crippen LogP contribution < -0.4 is 11.1 Å². The predicted octanol–water partition coefficient (Wildman–Crippen LogP) is 1.33. The van der Waals surface area contributed by atoms with Gasteiger partial charge in [-0.2, -0.15) is 0 Å². The first-order chi connectivity index (χ1) is 5.18. The molecular formula is C6H6BrN3O. The zero-order valence-corrected chi connectivity index (χ0v) is 7.13. The molecule has 0 aromatic carbocycles. The smallest absolute Gasteiger partial charge is 0.316 e. The number of primary amides is 1. The van der Waals surface area contributed by atoms with Gasteiger partial charge >= 0.3 is 6.03 Å². The van der Waals surface area contributed by atoms with Crippen LogP contribution in [0, 0.1) is 0 Å². The Balaban J connectivity index is 2.79. The molecule has 0 saturated heterocycles. The molecule has 0 atom stereocenters. The largest absolute Gasteiger partial charge is 0.351 e. The standard InChI is InChI=1S/C6H6BrN3O/c7-5-3-4(1-2-9-5)10-6(8)11/h1-3H,(H3,8,9,10,11). The summed E-state index contributed by atoms with van der Waals surface area (Å²) in [4.78, 5) is 14.2. The van der Waals surface area contributed by atoms with Crippen molar-refractivity contribution >= 4 is 27.6 Å². The first-order valence-corrected chi connectivity index (χ1v) is 3.66. The van der Waals surface area contributed by atoms with Crippen molar-refractivity contribution < 1.29 is 4.79 Å². The Labute approximate surface area is 71.9 Å². The Morgan fingerprint density at radius 2 is 2.45 bits per heavy atom. The first-order valence-electron chi connectivity index (χ1n) is 2.86. The number of rotatable bonds is 1. The van der Waals surface area contributed by atoms with Crippen molar-refractivity contribution in [2.45, 2.75) is 0 Å². The third-order valence-electron chi connectivity index (χ3n) is 0.994. The van der Waals surface area contributed by atoms with E-state index in [4.69, 9.17) is 5.73 Å².